The van der Waals surface area contributed by atoms with E-state index in [1.165, 1.54) is 12.2 Å². The number of carbonyl (C=O) groups is 2. The molecule has 0 spiro atoms. The lowest BCUT2D eigenvalue weighted by Gasteiger charge is -2.20. The molecule has 1 heterocycles. The van der Waals surface area contributed by atoms with Crippen LogP contribution >= 0.6 is 0 Å². The van der Waals surface area contributed by atoms with E-state index in [2.05, 4.69) is 5.16 Å². The highest BCUT2D eigenvalue weighted by Crippen LogP contribution is 2.30. The van der Waals surface area contributed by atoms with Gasteiger partial charge in [0.2, 0.25) is 0 Å². The Morgan fingerprint density at radius 1 is 1.35 bits per heavy atom. The standard InChI is InChI=1S/C14H21NO5/c1-5-18-12(16)7-8-14(13(17)19-6-2)9-11(10(3)4)15-20-14/h7-8,10H,5-6,9H2,1-4H3/b8-7+. The van der Waals surface area contributed by atoms with Crippen LogP contribution in [0.3, 0.4) is 0 Å². The molecule has 0 amide bonds. The van der Waals surface area contributed by atoms with E-state index in [-0.39, 0.29) is 25.6 Å². The number of nitrogens with zero attached hydrogens (tertiary/aromatic N) is 1. The van der Waals surface area contributed by atoms with Gasteiger partial charge in [0.25, 0.3) is 5.60 Å². The van der Waals surface area contributed by atoms with Gasteiger partial charge in [-0.25, -0.2) is 9.59 Å². The van der Waals surface area contributed by atoms with Crippen LogP contribution in [-0.2, 0) is 23.9 Å². The monoisotopic (exact) mass is 283 g/mol. The third kappa shape index (κ3) is 3.82. The van der Waals surface area contributed by atoms with Gasteiger partial charge in [0.1, 0.15) is 0 Å². The van der Waals surface area contributed by atoms with Crippen LogP contribution in [0, 0.1) is 5.92 Å². The number of oxime groups is 1. The summed E-state index contributed by atoms with van der Waals surface area (Å²) in [6, 6.07) is 0. The molecule has 1 atom stereocenters. The zero-order chi connectivity index (χ0) is 15.2. The first-order valence-corrected chi connectivity index (χ1v) is 6.73. The lowest BCUT2D eigenvalue weighted by Crippen LogP contribution is -2.39. The van der Waals surface area contributed by atoms with Gasteiger partial charge in [0.05, 0.1) is 18.9 Å². The van der Waals surface area contributed by atoms with Crippen LogP contribution in [0.1, 0.15) is 34.1 Å². The predicted molar refractivity (Wildman–Crippen MR) is 73.1 cm³/mol. The highest BCUT2D eigenvalue weighted by molar-refractivity contribution is 5.97. The molecule has 0 saturated carbocycles. The van der Waals surface area contributed by atoms with Gasteiger partial charge in [-0.3, -0.25) is 0 Å². The summed E-state index contributed by atoms with van der Waals surface area (Å²) in [7, 11) is 0. The van der Waals surface area contributed by atoms with E-state index in [4.69, 9.17) is 14.3 Å². The Morgan fingerprint density at radius 3 is 2.50 bits per heavy atom. The molecule has 0 aromatic heterocycles. The minimum absolute atomic E-state index is 0.155. The van der Waals surface area contributed by atoms with Gasteiger partial charge in [0, 0.05) is 12.5 Å². The lowest BCUT2D eigenvalue weighted by atomic mass is 9.92. The molecule has 1 rings (SSSR count). The van der Waals surface area contributed by atoms with E-state index in [1.807, 2.05) is 13.8 Å². The van der Waals surface area contributed by atoms with E-state index in [1.54, 1.807) is 13.8 Å². The molecule has 0 aromatic carbocycles. The fourth-order valence-corrected chi connectivity index (χ4v) is 1.70. The van der Waals surface area contributed by atoms with Gasteiger partial charge in [-0.05, 0) is 25.8 Å². The summed E-state index contributed by atoms with van der Waals surface area (Å²) in [5.41, 5.74) is -0.603. The van der Waals surface area contributed by atoms with E-state index in [9.17, 15) is 9.59 Å². The molecule has 1 aliphatic heterocycles. The minimum Gasteiger partial charge on any atom is -0.463 e. The third-order valence-corrected chi connectivity index (χ3v) is 2.83. The maximum absolute atomic E-state index is 12.1. The number of carbonyl (C=O) groups excluding carboxylic acids is 2. The summed E-state index contributed by atoms with van der Waals surface area (Å²) in [5, 5.41) is 3.93. The van der Waals surface area contributed by atoms with Crippen LogP contribution < -0.4 is 0 Å². The topological polar surface area (TPSA) is 74.2 Å². The van der Waals surface area contributed by atoms with E-state index in [0.29, 0.717) is 0 Å². The van der Waals surface area contributed by atoms with Crippen molar-refractivity contribution in [3.63, 3.8) is 0 Å². The molecule has 0 bridgehead atoms. The van der Waals surface area contributed by atoms with Crippen LogP contribution in [-0.4, -0.2) is 36.5 Å². The highest BCUT2D eigenvalue weighted by Gasteiger charge is 2.46. The van der Waals surface area contributed by atoms with Crippen molar-refractivity contribution in [2.75, 3.05) is 13.2 Å². The zero-order valence-electron chi connectivity index (χ0n) is 12.3. The summed E-state index contributed by atoms with van der Waals surface area (Å²) in [4.78, 5) is 28.7. The number of hydrogen-bond donors (Lipinski definition) is 0. The summed E-state index contributed by atoms with van der Waals surface area (Å²) < 4.78 is 9.80. The van der Waals surface area contributed by atoms with Crippen LogP contribution in [0.5, 0.6) is 0 Å². The fraction of sp³-hybridized carbons (Fsp3) is 0.643. The van der Waals surface area contributed by atoms with Crippen LogP contribution in [0.2, 0.25) is 0 Å². The van der Waals surface area contributed by atoms with E-state index in [0.717, 1.165) is 5.71 Å². The van der Waals surface area contributed by atoms with Gasteiger partial charge < -0.3 is 14.3 Å². The molecule has 0 aliphatic carbocycles. The maximum atomic E-state index is 12.1. The normalized spacial score (nSPS) is 21.8. The Hall–Kier alpha value is -1.85. The van der Waals surface area contributed by atoms with Crippen molar-refractivity contribution in [3.05, 3.63) is 12.2 Å². The first-order chi connectivity index (χ1) is 9.45. The van der Waals surface area contributed by atoms with Crippen molar-refractivity contribution in [1.82, 2.24) is 0 Å². The van der Waals surface area contributed by atoms with Gasteiger partial charge in [0.15, 0.2) is 0 Å². The molecule has 0 radical (unpaired) electrons. The summed E-state index contributed by atoms with van der Waals surface area (Å²) in [6.07, 6.45) is 2.82. The lowest BCUT2D eigenvalue weighted by molar-refractivity contribution is -0.163. The molecule has 6 nitrogen and oxygen atoms in total. The zero-order valence-corrected chi connectivity index (χ0v) is 12.3. The average molecular weight is 283 g/mol. The van der Waals surface area contributed by atoms with Crippen LogP contribution in [0.15, 0.2) is 17.3 Å². The van der Waals surface area contributed by atoms with Gasteiger partial charge in [-0.15, -0.1) is 0 Å². The molecular weight excluding hydrogens is 262 g/mol. The summed E-state index contributed by atoms with van der Waals surface area (Å²) >= 11 is 0. The molecular formula is C14H21NO5. The largest absolute Gasteiger partial charge is 0.463 e. The second-order valence-electron chi connectivity index (χ2n) is 4.70. The smallest absolute Gasteiger partial charge is 0.357 e. The van der Waals surface area contributed by atoms with Crippen LogP contribution in [0.25, 0.3) is 0 Å². The molecule has 6 heteroatoms. The Kier molecular flexibility index (Phi) is 5.73. The molecule has 1 aliphatic rings. The quantitative estimate of drug-likeness (QED) is 0.549. The van der Waals surface area contributed by atoms with Crippen LogP contribution in [0.4, 0.5) is 0 Å². The van der Waals surface area contributed by atoms with Crippen molar-refractivity contribution in [2.45, 2.75) is 39.7 Å². The van der Waals surface area contributed by atoms with E-state index < -0.39 is 17.5 Å². The number of ether oxygens (including phenoxy) is 2. The Labute approximate surface area is 118 Å². The maximum Gasteiger partial charge on any atom is 0.357 e. The summed E-state index contributed by atoms with van der Waals surface area (Å²) in [6.45, 7) is 7.83. The molecule has 1 unspecified atom stereocenters. The first kappa shape index (κ1) is 16.2. The predicted octanol–water partition coefficient (Wildman–Crippen LogP) is 1.84. The first-order valence-electron chi connectivity index (χ1n) is 6.73. The number of hydrogen-bond acceptors (Lipinski definition) is 6. The van der Waals surface area contributed by atoms with Crippen molar-refractivity contribution in [1.29, 1.82) is 0 Å². The average Bonchev–Trinajstić information content (AvgIpc) is 2.83. The minimum atomic E-state index is -1.36. The number of esters is 2. The van der Waals surface area contributed by atoms with Gasteiger partial charge in [-0.2, -0.15) is 0 Å². The molecule has 0 N–H and O–H groups in total. The SMILES string of the molecule is CCOC(=O)/C=C/C1(C(=O)OCC)CC(C(C)C)=NO1. The Morgan fingerprint density at radius 2 is 2.00 bits per heavy atom. The second kappa shape index (κ2) is 7.07. The molecule has 0 saturated heterocycles. The van der Waals surface area contributed by atoms with E-state index >= 15 is 0 Å². The van der Waals surface area contributed by atoms with Crippen molar-refractivity contribution in [2.24, 2.45) is 11.1 Å². The summed E-state index contributed by atoms with van der Waals surface area (Å²) in [5.74, 6) is -0.931. The van der Waals surface area contributed by atoms with Crippen molar-refractivity contribution in [3.8, 4) is 0 Å². The van der Waals surface area contributed by atoms with Gasteiger partial charge in [-0.1, -0.05) is 19.0 Å². The third-order valence-electron chi connectivity index (χ3n) is 2.83. The molecule has 112 valence electrons. The highest BCUT2D eigenvalue weighted by atomic mass is 16.7. The van der Waals surface area contributed by atoms with Gasteiger partial charge >= 0.3 is 11.9 Å². The number of rotatable bonds is 6. The Balaban J connectivity index is 2.88. The molecule has 0 fully saturated rings. The Bertz CT molecular complexity index is 427. The van der Waals surface area contributed by atoms with Crippen molar-refractivity contribution >= 4 is 17.7 Å². The second-order valence-corrected chi connectivity index (χ2v) is 4.70. The fourth-order valence-electron chi connectivity index (χ4n) is 1.70. The molecule has 20 heavy (non-hydrogen) atoms. The molecule has 0 aromatic rings. The van der Waals surface area contributed by atoms with Crippen molar-refractivity contribution < 1.29 is 23.9 Å².